The lowest BCUT2D eigenvalue weighted by Gasteiger charge is -2.39. The molecule has 1 heterocycles. The van der Waals surface area contributed by atoms with Crippen LogP contribution in [0.5, 0.6) is 0 Å². The van der Waals surface area contributed by atoms with Gasteiger partial charge in [-0.15, -0.1) is 0 Å². The first-order valence-corrected chi connectivity index (χ1v) is 16.6. The maximum absolute atomic E-state index is 13.5. The van der Waals surface area contributed by atoms with Crippen LogP contribution in [-0.2, 0) is 38.6 Å². The van der Waals surface area contributed by atoms with Gasteiger partial charge in [-0.2, -0.15) is 0 Å². The van der Waals surface area contributed by atoms with E-state index in [-0.39, 0.29) is 33.5 Å². The molecule has 0 aromatic heterocycles. The molecule has 4 rings (SSSR count). The van der Waals surface area contributed by atoms with Crippen LogP contribution in [0.4, 0.5) is 4.79 Å². The van der Waals surface area contributed by atoms with Crippen LogP contribution < -0.4 is 5.32 Å². The molecule has 1 aliphatic rings. The van der Waals surface area contributed by atoms with E-state index in [1.807, 2.05) is 30.3 Å². The Morgan fingerprint density at radius 1 is 1.05 bits per heavy atom. The lowest BCUT2D eigenvalue weighted by Crippen LogP contribution is -2.44. The lowest BCUT2D eigenvalue weighted by atomic mass is 9.87. The molecule has 234 valence electrons. The second kappa shape index (κ2) is 13.2. The number of carboxylic acid groups (broad SMARTS) is 1. The second-order valence-corrected chi connectivity index (χ2v) is 14.5. The maximum Gasteiger partial charge on any atom is 0.410 e. The highest BCUT2D eigenvalue weighted by atomic mass is 35.5. The number of aliphatic carboxylic acids is 1. The number of carbonyl (C=O) groups excluding carboxylic acids is 2. The summed E-state index contributed by atoms with van der Waals surface area (Å²) in [6.07, 6.45) is 1.16. The number of sulfone groups is 1. The summed E-state index contributed by atoms with van der Waals surface area (Å²) in [7, 11) is -3.51. The van der Waals surface area contributed by atoms with Gasteiger partial charge in [-0.05, 0) is 74.1 Å². The van der Waals surface area contributed by atoms with Gasteiger partial charge in [0, 0.05) is 19.2 Å². The second-order valence-electron chi connectivity index (χ2n) is 11.7. The summed E-state index contributed by atoms with van der Waals surface area (Å²) in [6.45, 7) is 5.65. The van der Waals surface area contributed by atoms with Gasteiger partial charge < -0.3 is 20.1 Å². The largest absolute Gasteiger partial charge is 0.480 e. The van der Waals surface area contributed by atoms with E-state index in [0.29, 0.717) is 29.5 Å². The van der Waals surface area contributed by atoms with E-state index >= 15 is 0 Å². The number of rotatable bonds is 8. The van der Waals surface area contributed by atoms with Gasteiger partial charge in [-0.1, -0.05) is 65.7 Å². The van der Waals surface area contributed by atoms with E-state index < -0.39 is 45.5 Å². The highest BCUT2D eigenvalue weighted by Gasteiger charge is 2.37. The van der Waals surface area contributed by atoms with E-state index in [0.717, 1.165) is 11.8 Å². The topological polar surface area (TPSA) is 130 Å². The highest BCUT2D eigenvalue weighted by molar-refractivity contribution is 7.90. The third-order valence-electron chi connectivity index (χ3n) is 7.19. The third-order valence-corrected chi connectivity index (χ3v) is 9.01. The minimum atomic E-state index is -3.51. The van der Waals surface area contributed by atoms with Crippen molar-refractivity contribution in [1.29, 1.82) is 0 Å². The first kappa shape index (κ1) is 33.3. The van der Waals surface area contributed by atoms with Crippen LogP contribution in [0.25, 0.3) is 0 Å². The Bertz CT molecular complexity index is 1690. The van der Waals surface area contributed by atoms with Gasteiger partial charge in [0.25, 0.3) is 5.91 Å². The summed E-state index contributed by atoms with van der Waals surface area (Å²) in [5.41, 5.74) is 1.90. The van der Waals surface area contributed by atoms with Crippen molar-refractivity contribution in [2.45, 2.75) is 62.6 Å². The Hall–Kier alpha value is -3.60. The molecule has 2 atom stereocenters. The number of ether oxygens (including phenoxy) is 1. The number of amides is 2. The first-order valence-electron chi connectivity index (χ1n) is 13.9. The van der Waals surface area contributed by atoms with Crippen LogP contribution in [0.3, 0.4) is 0 Å². The smallest absolute Gasteiger partial charge is 0.410 e. The van der Waals surface area contributed by atoms with E-state index in [2.05, 4.69) is 5.32 Å². The number of carbonyl (C=O) groups is 3. The van der Waals surface area contributed by atoms with Crippen molar-refractivity contribution < 1.29 is 32.6 Å². The predicted molar refractivity (Wildman–Crippen MR) is 168 cm³/mol. The average molecular weight is 662 g/mol. The molecule has 0 fully saturated rings. The van der Waals surface area contributed by atoms with Crippen molar-refractivity contribution in [3.8, 4) is 0 Å². The molecule has 3 aromatic rings. The van der Waals surface area contributed by atoms with Gasteiger partial charge in [0.1, 0.15) is 11.6 Å². The van der Waals surface area contributed by atoms with Gasteiger partial charge in [0.05, 0.1) is 26.5 Å². The lowest BCUT2D eigenvalue weighted by molar-refractivity contribution is -0.139. The fourth-order valence-electron chi connectivity index (χ4n) is 5.16. The Labute approximate surface area is 267 Å². The molecule has 0 bridgehead atoms. The Kier molecular flexibility index (Phi) is 9.97. The molecule has 0 saturated heterocycles. The van der Waals surface area contributed by atoms with Crippen molar-refractivity contribution in [3.05, 3.63) is 98.5 Å². The number of fused-ring (bicyclic) bond motifs is 1. The number of halogens is 2. The molecule has 0 saturated carbocycles. The van der Waals surface area contributed by atoms with E-state index in [1.165, 1.54) is 18.2 Å². The van der Waals surface area contributed by atoms with E-state index in [1.54, 1.807) is 37.8 Å². The van der Waals surface area contributed by atoms with Crippen molar-refractivity contribution in [2.75, 3.05) is 12.8 Å². The molecule has 3 aromatic carbocycles. The van der Waals surface area contributed by atoms with Crippen LogP contribution >= 0.6 is 23.2 Å². The van der Waals surface area contributed by atoms with Crippen LogP contribution in [0.1, 0.15) is 59.4 Å². The van der Waals surface area contributed by atoms with E-state index in [4.69, 9.17) is 27.9 Å². The quantitative estimate of drug-likeness (QED) is 0.308. The van der Waals surface area contributed by atoms with Gasteiger partial charge in [-0.25, -0.2) is 18.0 Å². The molecule has 12 heteroatoms. The third kappa shape index (κ3) is 7.91. The minimum absolute atomic E-state index is 0.00133. The zero-order valence-corrected chi connectivity index (χ0v) is 27.1. The average Bonchev–Trinajstić information content (AvgIpc) is 2.92. The van der Waals surface area contributed by atoms with Gasteiger partial charge in [0.2, 0.25) is 0 Å². The Balaban J connectivity index is 1.67. The van der Waals surface area contributed by atoms with Crippen molar-refractivity contribution in [1.82, 2.24) is 10.2 Å². The molecular formula is C32H34Cl2N2O7S. The van der Waals surface area contributed by atoms with Gasteiger partial charge >= 0.3 is 12.1 Å². The summed E-state index contributed by atoms with van der Waals surface area (Å²) >= 11 is 13.5. The zero-order valence-electron chi connectivity index (χ0n) is 24.8. The monoisotopic (exact) mass is 660 g/mol. The van der Waals surface area contributed by atoms with Crippen LogP contribution in [0, 0.1) is 0 Å². The Morgan fingerprint density at radius 3 is 2.32 bits per heavy atom. The summed E-state index contributed by atoms with van der Waals surface area (Å²) in [6, 6.07) is 15.2. The van der Waals surface area contributed by atoms with Crippen LogP contribution in [-0.4, -0.2) is 60.8 Å². The summed E-state index contributed by atoms with van der Waals surface area (Å²) in [4.78, 5) is 40.5. The zero-order chi connectivity index (χ0) is 32.4. The molecule has 0 aliphatic carbocycles. The summed E-state index contributed by atoms with van der Waals surface area (Å²) < 4.78 is 29.6. The first-order chi connectivity index (χ1) is 20.5. The van der Waals surface area contributed by atoms with Crippen molar-refractivity contribution >= 4 is 51.0 Å². The number of hydrogen-bond acceptors (Lipinski definition) is 6. The number of nitrogens with one attached hydrogen (secondary N) is 1. The van der Waals surface area contributed by atoms with Crippen LogP contribution in [0.2, 0.25) is 10.0 Å². The molecule has 2 N–H and O–H groups in total. The number of nitrogens with zero attached hydrogens (tertiary/aromatic N) is 1. The SMILES string of the molecule is CC(C)(C)OC(=O)N1CCc2c(cc(Cl)c(C(=O)N[C@@H](Cc3cccc(S(C)(=O)=O)c3)C(=O)O)c2Cl)C1Cc1ccccc1. The normalized spacial score (nSPS) is 15.7. The number of hydrogen-bond donors (Lipinski definition) is 2. The maximum atomic E-state index is 13.5. The number of carboxylic acids is 1. The predicted octanol–water partition coefficient (Wildman–Crippen LogP) is 5.90. The fraction of sp³-hybridized carbons (Fsp3) is 0.344. The minimum Gasteiger partial charge on any atom is -0.480 e. The van der Waals surface area contributed by atoms with Gasteiger partial charge in [-0.3, -0.25) is 4.79 Å². The fourth-order valence-corrected chi connectivity index (χ4v) is 6.59. The Morgan fingerprint density at radius 2 is 1.70 bits per heavy atom. The standard InChI is InChI=1S/C32H34Cl2N2O7S/c1-32(2,3)43-31(40)36-14-13-22-23(26(36)17-19-9-6-5-7-10-19)18-24(33)27(28(22)34)29(37)35-25(30(38)39)16-20-11-8-12-21(15-20)44(4,41)42/h5-12,15,18,25-26H,13-14,16-17H2,1-4H3,(H,35,37)(H,38,39)/t25-,26?/m0/s1. The molecule has 44 heavy (non-hydrogen) atoms. The highest BCUT2D eigenvalue weighted by Crippen LogP contribution is 2.41. The number of benzene rings is 3. The van der Waals surface area contributed by atoms with Crippen molar-refractivity contribution in [3.63, 3.8) is 0 Å². The molecule has 1 aliphatic heterocycles. The molecule has 2 amide bonds. The molecule has 0 radical (unpaired) electrons. The van der Waals surface area contributed by atoms with Crippen LogP contribution in [0.15, 0.2) is 65.6 Å². The molecule has 1 unspecified atom stereocenters. The van der Waals surface area contributed by atoms with Crippen molar-refractivity contribution in [2.24, 2.45) is 0 Å². The molecule has 0 spiro atoms. The van der Waals surface area contributed by atoms with Gasteiger partial charge in [0.15, 0.2) is 9.84 Å². The summed E-state index contributed by atoms with van der Waals surface area (Å²) in [5, 5.41) is 12.4. The van der Waals surface area contributed by atoms with E-state index in [9.17, 15) is 27.9 Å². The summed E-state index contributed by atoms with van der Waals surface area (Å²) in [5.74, 6) is -2.10. The molecule has 9 nitrogen and oxygen atoms in total. The molecular weight excluding hydrogens is 627 g/mol.